The van der Waals surface area contributed by atoms with Gasteiger partial charge in [-0.25, -0.2) is 9.18 Å². The van der Waals surface area contributed by atoms with Gasteiger partial charge in [-0.2, -0.15) is 0 Å². The zero-order valence-corrected chi connectivity index (χ0v) is 8.70. The molecule has 1 N–H and O–H groups in total. The fourth-order valence-corrected chi connectivity index (χ4v) is 1.51. The molecular weight excluding hydrogens is 209 g/mol. The molecule has 1 heterocycles. The van der Waals surface area contributed by atoms with E-state index < -0.39 is 11.8 Å². The van der Waals surface area contributed by atoms with Crippen LogP contribution in [-0.2, 0) is 4.79 Å². The fraction of sp³-hybridized carbons (Fsp3) is 0.250. The quantitative estimate of drug-likeness (QED) is 0.609. The van der Waals surface area contributed by atoms with E-state index in [2.05, 4.69) is 5.32 Å². The second-order valence-corrected chi connectivity index (χ2v) is 3.53. The number of halogens is 1. The lowest BCUT2D eigenvalue weighted by Gasteiger charge is -2.12. The predicted molar refractivity (Wildman–Crippen MR) is 57.6 cm³/mol. The smallest absolute Gasteiger partial charge is 0.339 e. The molecule has 2 rings (SSSR count). The summed E-state index contributed by atoms with van der Waals surface area (Å²) in [6, 6.07) is 5.57. The van der Waals surface area contributed by atoms with Crippen molar-refractivity contribution in [3.8, 4) is 5.75 Å². The molecule has 1 aromatic rings. The minimum absolute atomic E-state index is 0.240. The van der Waals surface area contributed by atoms with Crippen LogP contribution in [0.5, 0.6) is 5.75 Å². The van der Waals surface area contributed by atoms with E-state index in [-0.39, 0.29) is 5.75 Å². The van der Waals surface area contributed by atoms with E-state index in [1.54, 1.807) is 12.1 Å². The molecule has 1 aliphatic rings. The average Bonchev–Trinajstić information content (AvgIpc) is 2.30. The van der Waals surface area contributed by atoms with Gasteiger partial charge >= 0.3 is 5.97 Å². The van der Waals surface area contributed by atoms with Crippen LogP contribution in [0.15, 0.2) is 35.9 Å². The second-order valence-electron chi connectivity index (χ2n) is 3.53. The summed E-state index contributed by atoms with van der Waals surface area (Å²) in [5.41, 5.74) is 0.642. The molecule has 1 aromatic carbocycles. The van der Waals surface area contributed by atoms with Gasteiger partial charge in [-0.15, -0.1) is 0 Å². The largest absolute Gasteiger partial charge is 0.423 e. The van der Waals surface area contributed by atoms with Gasteiger partial charge in [-0.1, -0.05) is 12.1 Å². The molecule has 0 spiro atoms. The Balaban J connectivity index is 2.04. The molecule has 0 aliphatic carbocycles. The van der Waals surface area contributed by atoms with Gasteiger partial charge in [0.1, 0.15) is 11.6 Å². The molecular formula is C12H12FNO2. The van der Waals surface area contributed by atoms with E-state index in [1.807, 2.05) is 0 Å². The first kappa shape index (κ1) is 10.8. The number of hydrogen-bond donors (Lipinski definition) is 1. The number of benzene rings is 1. The van der Waals surface area contributed by atoms with Crippen molar-refractivity contribution in [2.45, 2.75) is 6.42 Å². The Bertz CT molecular complexity index is 429. The molecule has 0 radical (unpaired) electrons. The average molecular weight is 221 g/mol. The van der Waals surface area contributed by atoms with Crippen molar-refractivity contribution in [3.05, 3.63) is 41.7 Å². The second kappa shape index (κ2) is 4.90. The number of nitrogens with one attached hydrogen (secondary N) is 1. The summed E-state index contributed by atoms with van der Waals surface area (Å²) in [6.07, 6.45) is 2.44. The Hall–Kier alpha value is -1.68. The van der Waals surface area contributed by atoms with Crippen molar-refractivity contribution < 1.29 is 13.9 Å². The topological polar surface area (TPSA) is 38.3 Å². The van der Waals surface area contributed by atoms with E-state index in [4.69, 9.17) is 4.74 Å². The van der Waals surface area contributed by atoms with Gasteiger partial charge in [0.2, 0.25) is 0 Å². The summed E-state index contributed by atoms with van der Waals surface area (Å²) in [6.45, 7) is 1.44. The number of carbonyl (C=O) groups is 1. The van der Waals surface area contributed by atoms with Crippen molar-refractivity contribution in [2.24, 2.45) is 0 Å². The lowest BCUT2D eigenvalue weighted by molar-refractivity contribution is -0.130. The molecule has 4 heteroatoms. The van der Waals surface area contributed by atoms with Gasteiger partial charge in [-0.05, 0) is 25.1 Å². The predicted octanol–water partition coefficient (Wildman–Crippen LogP) is 1.65. The minimum Gasteiger partial charge on any atom is -0.423 e. The van der Waals surface area contributed by atoms with Crippen molar-refractivity contribution in [2.75, 3.05) is 13.1 Å². The molecule has 1 aliphatic heterocycles. The molecule has 16 heavy (non-hydrogen) atoms. The maximum Gasteiger partial charge on any atom is 0.339 e. The Kier molecular flexibility index (Phi) is 3.31. The first-order valence-corrected chi connectivity index (χ1v) is 5.13. The van der Waals surface area contributed by atoms with Gasteiger partial charge in [0.15, 0.2) is 0 Å². The molecule has 84 valence electrons. The van der Waals surface area contributed by atoms with Crippen LogP contribution < -0.4 is 10.1 Å². The lowest BCUT2D eigenvalue weighted by Crippen LogP contribution is -2.25. The summed E-state index contributed by atoms with van der Waals surface area (Å²) < 4.78 is 17.9. The van der Waals surface area contributed by atoms with Crippen molar-refractivity contribution >= 4 is 5.97 Å². The summed E-state index contributed by atoms with van der Waals surface area (Å²) in [4.78, 5) is 11.6. The van der Waals surface area contributed by atoms with Crippen LogP contribution in [0.25, 0.3) is 0 Å². The highest BCUT2D eigenvalue weighted by atomic mass is 19.1. The molecule has 0 aromatic heterocycles. The van der Waals surface area contributed by atoms with Crippen LogP contribution in [0.2, 0.25) is 0 Å². The Morgan fingerprint density at radius 1 is 1.44 bits per heavy atom. The zero-order chi connectivity index (χ0) is 11.4. The zero-order valence-electron chi connectivity index (χ0n) is 8.70. The first-order valence-electron chi connectivity index (χ1n) is 5.13. The van der Waals surface area contributed by atoms with Crippen LogP contribution in [0.4, 0.5) is 4.39 Å². The summed E-state index contributed by atoms with van der Waals surface area (Å²) in [5.74, 6) is -0.568. The van der Waals surface area contributed by atoms with Crippen LogP contribution >= 0.6 is 0 Å². The third kappa shape index (κ3) is 2.67. The Morgan fingerprint density at radius 3 is 3.00 bits per heavy atom. The normalized spacial score (nSPS) is 15.4. The van der Waals surface area contributed by atoms with Gasteiger partial charge < -0.3 is 10.1 Å². The third-order valence-electron chi connectivity index (χ3n) is 2.33. The number of hydrogen-bond acceptors (Lipinski definition) is 3. The Labute approximate surface area is 92.9 Å². The van der Waals surface area contributed by atoms with Crippen LogP contribution in [-0.4, -0.2) is 19.1 Å². The number of esters is 1. The summed E-state index contributed by atoms with van der Waals surface area (Å²) in [5, 5.41) is 3.10. The standard InChI is InChI=1S/C12H12FNO2/c13-10-2-1-3-11(8-10)16-12(15)9-4-6-14-7-5-9/h1-4,8,14H,5-7H2. The van der Waals surface area contributed by atoms with E-state index in [1.165, 1.54) is 18.2 Å². The molecule has 0 unspecified atom stereocenters. The van der Waals surface area contributed by atoms with E-state index >= 15 is 0 Å². The molecule has 0 atom stereocenters. The number of ether oxygens (including phenoxy) is 1. The maximum atomic E-state index is 12.8. The maximum absolute atomic E-state index is 12.8. The molecule has 3 nitrogen and oxygen atoms in total. The van der Waals surface area contributed by atoms with E-state index in [0.717, 1.165) is 6.54 Å². The summed E-state index contributed by atoms with van der Waals surface area (Å²) >= 11 is 0. The molecule has 0 bridgehead atoms. The van der Waals surface area contributed by atoms with Gasteiger partial charge in [-0.3, -0.25) is 0 Å². The highest BCUT2D eigenvalue weighted by Gasteiger charge is 2.14. The molecule has 0 fully saturated rings. The van der Waals surface area contributed by atoms with Gasteiger partial charge in [0.05, 0.1) is 0 Å². The fourth-order valence-electron chi connectivity index (χ4n) is 1.51. The van der Waals surface area contributed by atoms with E-state index in [9.17, 15) is 9.18 Å². The molecule has 0 amide bonds. The highest BCUT2D eigenvalue weighted by molar-refractivity contribution is 5.90. The van der Waals surface area contributed by atoms with Crippen LogP contribution in [0.1, 0.15) is 6.42 Å². The SMILES string of the molecule is O=C(Oc1cccc(F)c1)C1=CCNCC1. The molecule has 0 saturated carbocycles. The molecule has 0 saturated heterocycles. The van der Waals surface area contributed by atoms with Crippen molar-refractivity contribution in [1.29, 1.82) is 0 Å². The van der Waals surface area contributed by atoms with Gasteiger partial charge in [0.25, 0.3) is 0 Å². The third-order valence-corrected chi connectivity index (χ3v) is 2.33. The summed E-state index contributed by atoms with van der Waals surface area (Å²) in [7, 11) is 0. The van der Waals surface area contributed by atoms with Crippen molar-refractivity contribution in [3.63, 3.8) is 0 Å². The van der Waals surface area contributed by atoms with E-state index in [0.29, 0.717) is 18.5 Å². The Morgan fingerprint density at radius 2 is 2.31 bits per heavy atom. The first-order chi connectivity index (χ1) is 7.75. The minimum atomic E-state index is -0.412. The van der Waals surface area contributed by atoms with Gasteiger partial charge in [0, 0.05) is 18.2 Å². The monoisotopic (exact) mass is 221 g/mol. The number of carbonyl (C=O) groups excluding carboxylic acids is 1. The van der Waals surface area contributed by atoms with Crippen molar-refractivity contribution in [1.82, 2.24) is 5.32 Å². The number of rotatable bonds is 2. The van der Waals surface area contributed by atoms with Crippen LogP contribution in [0.3, 0.4) is 0 Å². The lowest BCUT2D eigenvalue weighted by atomic mass is 10.1. The highest BCUT2D eigenvalue weighted by Crippen LogP contribution is 2.15. The van der Waals surface area contributed by atoms with Crippen LogP contribution in [0, 0.1) is 5.82 Å².